The van der Waals surface area contributed by atoms with Gasteiger partial charge in [-0.2, -0.15) is 0 Å². The molecule has 0 radical (unpaired) electrons. The maximum Gasteiger partial charge on any atom is 0.357 e. The van der Waals surface area contributed by atoms with E-state index >= 15 is 0 Å². The zero-order chi connectivity index (χ0) is 12.8. The van der Waals surface area contributed by atoms with Crippen molar-refractivity contribution in [1.29, 1.82) is 0 Å². The number of anilines is 1. The average molecular weight is 263 g/mol. The highest BCUT2D eigenvalue weighted by atomic mass is 32.1. The third-order valence-corrected chi connectivity index (χ3v) is 3.02. The topological polar surface area (TPSA) is 64.1 Å². The van der Waals surface area contributed by atoms with Gasteiger partial charge in [-0.3, -0.25) is 0 Å². The Morgan fingerprint density at radius 2 is 2.39 bits per heavy atom. The molecule has 18 heavy (non-hydrogen) atoms. The predicted octanol–water partition coefficient (Wildman–Crippen LogP) is 2.33. The van der Waals surface area contributed by atoms with Crippen molar-refractivity contribution < 1.29 is 9.53 Å². The van der Waals surface area contributed by atoms with E-state index in [2.05, 4.69) is 15.3 Å². The molecule has 0 aliphatic carbocycles. The quantitative estimate of drug-likeness (QED) is 0.839. The molecule has 0 aliphatic rings. The molecule has 0 spiro atoms. The molecule has 2 aromatic heterocycles. The second kappa shape index (κ2) is 6.11. The van der Waals surface area contributed by atoms with Gasteiger partial charge < -0.3 is 10.1 Å². The second-order valence-corrected chi connectivity index (χ2v) is 4.45. The van der Waals surface area contributed by atoms with Gasteiger partial charge in [0.25, 0.3) is 0 Å². The van der Waals surface area contributed by atoms with Crippen LogP contribution in [0.4, 0.5) is 5.95 Å². The lowest BCUT2D eigenvalue weighted by Gasteiger charge is -2.05. The number of rotatable bonds is 5. The molecule has 2 heterocycles. The molecule has 2 aromatic rings. The molecule has 0 aliphatic heterocycles. The molecule has 0 bridgehead atoms. The Balaban J connectivity index is 2.01. The van der Waals surface area contributed by atoms with E-state index < -0.39 is 5.97 Å². The van der Waals surface area contributed by atoms with E-state index in [1.54, 1.807) is 18.3 Å². The summed E-state index contributed by atoms with van der Waals surface area (Å²) in [6, 6.07) is 5.54. The first kappa shape index (κ1) is 12.5. The van der Waals surface area contributed by atoms with Gasteiger partial charge in [-0.05, 0) is 24.4 Å². The Bertz CT molecular complexity index is 514. The minimum absolute atomic E-state index is 0.264. The maximum absolute atomic E-state index is 11.5. The van der Waals surface area contributed by atoms with Gasteiger partial charge in [0, 0.05) is 11.1 Å². The first-order valence-corrected chi connectivity index (χ1v) is 6.44. The van der Waals surface area contributed by atoms with Crippen molar-refractivity contribution in [3.8, 4) is 0 Å². The Kier molecular flexibility index (Phi) is 4.25. The van der Waals surface area contributed by atoms with Crippen LogP contribution in [0, 0.1) is 0 Å². The number of aromatic nitrogens is 2. The Morgan fingerprint density at radius 3 is 3.11 bits per heavy atom. The average Bonchev–Trinajstić information content (AvgIpc) is 2.90. The van der Waals surface area contributed by atoms with Crippen molar-refractivity contribution in [3.05, 3.63) is 40.3 Å². The molecule has 5 nitrogen and oxygen atoms in total. The summed E-state index contributed by atoms with van der Waals surface area (Å²) in [5, 5.41) is 5.07. The number of hydrogen-bond acceptors (Lipinski definition) is 6. The first-order chi connectivity index (χ1) is 8.79. The van der Waals surface area contributed by atoms with Crippen LogP contribution in [0.2, 0.25) is 0 Å². The minimum atomic E-state index is -0.431. The molecule has 0 saturated carbocycles. The van der Waals surface area contributed by atoms with E-state index in [1.165, 1.54) is 17.1 Å². The molecule has 0 amide bonds. The SMILES string of the molecule is CCOC(=O)c1ccnc(NCc2cccs2)n1. The van der Waals surface area contributed by atoms with E-state index in [-0.39, 0.29) is 5.69 Å². The van der Waals surface area contributed by atoms with E-state index in [1.807, 2.05) is 17.5 Å². The second-order valence-electron chi connectivity index (χ2n) is 3.42. The van der Waals surface area contributed by atoms with Crippen LogP contribution in [0.5, 0.6) is 0 Å². The van der Waals surface area contributed by atoms with Crippen LogP contribution in [0.15, 0.2) is 29.8 Å². The highest BCUT2D eigenvalue weighted by molar-refractivity contribution is 7.09. The molecular formula is C12H13N3O2S. The Morgan fingerprint density at radius 1 is 1.50 bits per heavy atom. The molecule has 0 fully saturated rings. The van der Waals surface area contributed by atoms with E-state index in [9.17, 15) is 4.79 Å². The predicted molar refractivity (Wildman–Crippen MR) is 69.6 cm³/mol. The number of nitrogens with zero attached hydrogens (tertiary/aromatic N) is 2. The lowest BCUT2D eigenvalue weighted by molar-refractivity contribution is 0.0519. The highest BCUT2D eigenvalue weighted by Gasteiger charge is 2.09. The molecule has 0 unspecified atom stereocenters. The molecular weight excluding hydrogens is 250 g/mol. The van der Waals surface area contributed by atoms with Gasteiger partial charge >= 0.3 is 5.97 Å². The standard InChI is InChI=1S/C12H13N3O2S/c1-2-17-11(16)10-5-6-13-12(15-10)14-8-9-4-3-7-18-9/h3-7H,2,8H2,1H3,(H,13,14,15). The highest BCUT2D eigenvalue weighted by Crippen LogP contribution is 2.10. The lowest BCUT2D eigenvalue weighted by Crippen LogP contribution is -2.10. The van der Waals surface area contributed by atoms with Crippen LogP contribution in [0.1, 0.15) is 22.3 Å². The normalized spacial score (nSPS) is 10.1. The van der Waals surface area contributed by atoms with Crippen LogP contribution in [0.25, 0.3) is 0 Å². The molecule has 0 aromatic carbocycles. The van der Waals surface area contributed by atoms with Gasteiger partial charge in [0.15, 0.2) is 5.69 Å². The summed E-state index contributed by atoms with van der Waals surface area (Å²) < 4.78 is 4.88. The summed E-state index contributed by atoms with van der Waals surface area (Å²) >= 11 is 1.65. The summed E-state index contributed by atoms with van der Waals surface area (Å²) in [6.07, 6.45) is 1.54. The molecule has 94 valence electrons. The van der Waals surface area contributed by atoms with Gasteiger partial charge in [0.2, 0.25) is 5.95 Å². The van der Waals surface area contributed by atoms with Crippen molar-refractivity contribution >= 4 is 23.3 Å². The lowest BCUT2D eigenvalue weighted by atomic mass is 10.4. The fraction of sp³-hybridized carbons (Fsp3) is 0.250. The number of carbonyl (C=O) groups is 1. The summed E-state index contributed by atoms with van der Waals surface area (Å²) in [5.74, 6) is -0.00646. The molecule has 2 rings (SSSR count). The van der Waals surface area contributed by atoms with Crippen LogP contribution in [-0.4, -0.2) is 22.5 Å². The molecule has 6 heteroatoms. The van der Waals surface area contributed by atoms with Crippen LogP contribution in [0.3, 0.4) is 0 Å². The van der Waals surface area contributed by atoms with Crippen LogP contribution in [-0.2, 0) is 11.3 Å². The van der Waals surface area contributed by atoms with Crippen LogP contribution >= 0.6 is 11.3 Å². The fourth-order valence-electron chi connectivity index (χ4n) is 1.34. The summed E-state index contributed by atoms with van der Waals surface area (Å²) in [4.78, 5) is 20.8. The van der Waals surface area contributed by atoms with Gasteiger partial charge in [0.05, 0.1) is 13.2 Å². The van der Waals surface area contributed by atoms with E-state index in [4.69, 9.17) is 4.74 Å². The van der Waals surface area contributed by atoms with Crippen molar-refractivity contribution in [2.24, 2.45) is 0 Å². The van der Waals surface area contributed by atoms with Gasteiger partial charge in [0.1, 0.15) is 0 Å². The number of nitrogens with one attached hydrogen (secondary N) is 1. The van der Waals surface area contributed by atoms with Crippen molar-refractivity contribution in [1.82, 2.24) is 9.97 Å². The smallest absolute Gasteiger partial charge is 0.357 e. The van der Waals surface area contributed by atoms with Crippen LogP contribution < -0.4 is 5.32 Å². The van der Waals surface area contributed by atoms with Crippen molar-refractivity contribution in [3.63, 3.8) is 0 Å². The van der Waals surface area contributed by atoms with Gasteiger partial charge in [-0.25, -0.2) is 14.8 Å². The summed E-state index contributed by atoms with van der Waals surface area (Å²) in [5.41, 5.74) is 0.264. The third kappa shape index (κ3) is 3.27. The zero-order valence-corrected chi connectivity index (χ0v) is 10.7. The van der Waals surface area contributed by atoms with Crippen molar-refractivity contribution in [2.45, 2.75) is 13.5 Å². The maximum atomic E-state index is 11.5. The number of thiophene rings is 1. The summed E-state index contributed by atoms with van der Waals surface area (Å²) in [6.45, 7) is 2.74. The molecule has 0 atom stereocenters. The monoisotopic (exact) mass is 263 g/mol. The summed E-state index contributed by atoms with van der Waals surface area (Å²) in [7, 11) is 0. The molecule has 0 saturated heterocycles. The number of ether oxygens (including phenoxy) is 1. The fourth-order valence-corrected chi connectivity index (χ4v) is 1.99. The van der Waals surface area contributed by atoms with Gasteiger partial charge in [-0.15, -0.1) is 11.3 Å². The van der Waals surface area contributed by atoms with E-state index in [0.29, 0.717) is 19.1 Å². The van der Waals surface area contributed by atoms with Gasteiger partial charge in [-0.1, -0.05) is 6.07 Å². The Labute approximate surface area is 109 Å². The number of carbonyl (C=O) groups excluding carboxylic acids is 1. The minimum Gasteiger partial charge on any atom is -0.461 e. The largest absolute Gasteiger partial charge is 0.461 e. The number of esters is 1. The third-order valence-electron chi connectivity index (χ3n) is 2.14. The Hall–Kier alpha value is -1.95. The first-order valence-electron chi connectivity index (χ1n) is 5.56. The van der Waals surface area contributed by atoms with E-state index in [0.717, 1.165) is 0 Å². The van der Waals surface area contributed by atoms with Crippen molar-refractivity contribution in [2.75, 3.05) is 11.9 Å². The molecule has 1 N–H and O–H groups in total. The number of hydrogen-bond donors (Lipinski definition) is 1. The zero-order valence-electron chi connectivity index (χ0n) is 9.92.